The van der Waals surface area contributed by atoms with Gasteiger partial charge in [-0.2, -0.15) is 0 Å². The Morgan fingerprint density at radius 3 is 2.48 bits per heavy atom. The Balaban J connectivity index is 1.96. The van der Waals surface area contributed by atoms with Crippen molar-refractivity contribution in [3.8, 4) is 11.5 Å². The minimum Gasteiger partial charge on any atom is -0.490 e. The van der Waals surface area contributed by atoms with Crippen molar-refractivity contribution in [3.05, 3.63) is 59.7 Å². The number of carboxylic acid groups (broad SMARTS) is 1. The van der Waals surface area contributed by atoms with Crippen LogP contribution in [0.3, 0.4) is 0 Å². The van der Waals surface area contributed by atoms with E-state index in [2.05, 4.69) is 5.32 Å². The summed E-state index contributed by atoms with van der Waals surface area (Å²) >= 11 is 0. The number of aliphatic carboxylic acids is 1. The molecule has 0 aliphatic carbocycles. The summed E-state index contributed by atoms with van der Waals surface area (Å²) in [7, 11) is 0. The van der Waals surface area contributed by atoms with Crippen LogP contribution in [-0.2, 0) is 11.2 Å². The molecule has 1 unspecified atom stereocenters. The first-order valence-corrected chi connectivity index (χ1v) is 8.61. The normalized spacial score (nSPS) is 11.5. The Morgan fingerprint density at radius 1 is 1.07 bits per heavy atom. The van der Waals surface area contributed by atoms with Crippen LogP contribution in [0.4, 0.5) is 0 Å². The largest absolute Gasteiger partial charge is 0.490 e. The standard InChI is InChI=1S/C20H23NO6/c1-2-26-18-11-15(8-9-17(18)27-13-19(23)24)20(25)21-12-16(22)10-14-6-4-3-5-7-14/h3-9,11,16,22H,2,10,12-13H2,1H3,(H,21,25)(H,23,24). The predicted octanol–water partition coefficient (Wildman–Crippen LogP) is 1.88. The van der Waals surface area contributed by atoms with E-state index in [1.54, 1.807) is 6.92 Å². The van der Waals surface area contributed by atoms with Crippen molar-refractivity contribution in [3.63, 3.8) is 0 Å². The summed E-state index contributed by atoms with van der Waals surface area (Å²) in [5.74, 6) is -0.935. The summed E-state index contributed by atoms with van der Waals surface area (Å²) in [6.45, 7) is 1.71. The summed E-state index contributed by atoms with van der Waals surface area (Å²) in [6.07, 6.45) is -0.270. The van der Waals surface area contributed by atoms with Crippen LogP contribution < -0.4 is 14.8 Å². The molecule has 1 amide bonds. The highest BCUT2D eigenvalue weighted by molar-refractivity contribution is 5.94. The molecule has 0 aliphatic heterocycles. The van der Waals surface area contributed by atoms with Gasteiger partial charge in [-0.25, -0.2) is 4.79 Å². The van der Waals surface area contributed by atoms with Crippen LogP contribution in [0.25, 0.3) is 0 Å². The lowest BCUT2D eigenvalue weighted by Gasteiger charge is -2.14. The lowest BCUT2D eigenvalue weighted by atomic mass is 10.1. The molecule has 7 heteroatoms. The maximum Gasteiger partial charge on any atom is 0.341 e. The summed E-state index contributed by atoms with van der Waals surface area (Å²) < 4.78 is 10.6. The maximum absolute atomic E-state index is 12.3. The third-order valence-electron chi connectivity index (χ3n) is 3.67. The third kappa shape index (κ3) is 6.63. The molecule has 2 aromatic rings. The van der Waals surface area contributed by atoms with Crippen LogP contribution in [0.5, 0.6) is 11.5 Å². The fourth-order valence-electron chi connectivity index (χ4n) is 2.45. The molecule has 0 saturated carbocycles. The van der Waals surface area contributed by atoms with Crippen LogP contribution >= 0.6 is 0 Å². The second-order valence-electron chi connectivity index (χ2n) is 5.83. The molecule has 0 spiro atoms. The summed E-state index contributed by atoms with van der Waals surface area (Å²) in [6, 6.07) is 14.0. The molecule has 0 saturated heterocycles. The van der Waals surface area contributed by atoms with E-state index < -0.39 is 18.7 Å². The molecule has 144 valence electrons. The number of carboxylic acids is 1. The number of amides is 1. The maximum atomic E-state index is 12.3. The van der Waals surface area contributed by atoms with Crippen LogP contribution in [0, 0.1) is 0 Å². The van der Waals surface area contributed by atoms with Gasteiger partial charge in [-0.1, -0.05) is 30.3 Å². The monoisotopic (exact) mass is 373 g/mol. The quantitative estimate of drug-likeness (QED) is 0.587. The van der Waals surface area contributed by atoms with Gasteiger partial charge in [-0.3, -0.25) is 4.79 Å². The fourth-order valence-corrected chi connectivity index (χ4v) is 2.45. The van der Waals surface area contributed by atoms with E-state index >= 15 is 0 Å². The molecule has 3 N–H and O–H groups in total. The Bertz CT molecular complexity index is 762. The molecule has 2 aromatic carbocycles. The van der Waals surface area contributed by atoms with Gasteiger partial charge >= 0.3 is 5.97 Å². The fraction of sp³-hybridized carbons (Fsp3) is 0.300. The molecule has 7 nitrogen and oxygen atoms in total. The van der Waals surface area contributed by atoms with Crippen LogP contribution in [0.1, 0.15) is 22.8 Å². The van der Waals surface area contributed by atoms with E-state index in [9.17, 15) is 14.7 Å². The van der Waals surface area contributed by atoms with Crippen molar-refractivity contribution >= 4 is 11.9 Å². The first-order chi connectivity index (χ1) is 13.0. The SMILES string of the molecule is CCOc1cc(C(=O)NCC(O)Cc2ccccc2)ccc1OCC(=O)O. The highest BCUT2D eigenvalue weighted by atomic mass is 16.5. The molecular weight excluding hydrogens is 350 g/mol. The molecule has 0 aromatic heterocycles. The van der Waals surface area contributed by atoms with Crippen molar-refractivity contribution < 1.29 is 29.3 Å². The molecule has 0 fully saturated rings. The molecule has 0 aliphatic rings. The van der Waals surface area contributed by atoms with Gasteiger partial charge in [0.2, 0.25) is 0 Å². The Kier molecular flexibility index (Phi) is 7.63. The minimum atomic E-state index is -1.10. The molecular formula is C20H23NO6. The number of aliphatic hydroxyl groups is 1. The van der Waals surface area contributed by atoms with E-state index in [1.165, 1.54) is 18.2 Å². The molecule has 2 rings (SSSR count). The molecule has 1 atom stereocenters. The number of nitrogens with one attached hydrogen (secondary N) is 1. The number of ether oxygens (including phenoxy) is 2. The van der Waals surface area contributed by atoms with Crippen LogP contribution in [0.2, 0.25) is 0 Å². The van der Waals surface area contributed by atoms with E-state index in [-0.39, 0.29) is 24.0 Å². The summed E-state index contributed by atoms with van der Waals surface area (Å²) in [5.41, 5.74) is 1.31. The van der Waals surface area contributed by atoms with E-state index in [0.29, 0.717) is 18.6 Å². The van der Waals surface area contributed by atoms with Crippen molar-refractivity contribution in [1.82, 2.24) is 5.32 Å². The van der Waals surface area contributed by atoms with Gasteiger partial charge < -0.3 is 25.0 Å². The number of carbonyl (C=O) groups excluding carboxylic acids is 1. The second-order valence-corrected chi connectivity index (χ2v) is 5.83. The number of hydrogen-bond acceptors (Lipinski definition) is 5. The third-order valence-corrected chi connectivity index (χ3v) is 3.67. The summed E-state index contributed by atoms with van der Waals surface area (Å²) in [5, 5.41) is 21.5. The van der Waals surface area contributed by atoms with Crippen molar-refractivity contribution in [2.24, 2.45) is 0 Å². The van der Waals surface area contributed by atoms with Gasteiger partial charge in [-0.05, 0) is 30.7 Å². The number of carbonyl (C=O) groups is 2. The zero-order valence-corrected chi connectivity index (χ0v) is 15.1. The zero-order valence-electron chi connectivity index (χ0n) is 15.1. The number of benzene rings is 2. The molecule has 27 heavy (non-hydrogen) atoms. The van der Waals surface area contributed by atoms with Gasteiger partial charge in [0.25, 0.3) is 5.91 Å². The smallest absolute Gasteiger partial charge is 0.341 e. The zero-order chi connectivity index (χ0) is 19.6. The van der Waals surface area contributed by atoms with Crippen molar-refractivity contribution in [2.45, 2.75) is 19.4 Å². The second kappa shape index (κ2) is 10.2. The first-order valence-electron chi connectivity index (χ1n) is 8.61. The van der Waals surface area contributed by atoms with Gasteiger partial charge in [0, 0.05) is 18.5 Å². The van der Waals surface area contributed by atoms with E-state index in [1.807, 2.05) is 30.3 Å². The molecule has 0 radical (unpaired) electrons. The topological polar surface area (TPSA) is 105 Å². The van der Waals surface area contributed by atoms with Gasteiger partial charge in [-0.15, -0.1) is 0 Å². The molecule has 0 heterocycles. The Labute approximate surface area is 157 Å². The number of hydrogen-bond donors (Lipinski definition) is 3. The Hall–Kier alpha value is -3.06. The number of rotatable bonds is 10. The van der Waals surface area contributed by atoms with Crippen LogP contribution in [0.15, 0.2) is 48.5 Å². The number of aliphatic hydroxyl groups excluding tert-OH is 1. The van der Waals surface area contributed by atoms with E-state index in [0.717, 1.165) is 5.56 Å². The lowest BCUT2D eigenvalue weighted by molar-refractivity contribution is -0.139. The highest BCUT2D eigenvalue weighted by Crippen LogP contribution is 2.28. The van der Waals surface area contributed by atoms with Gasteiger partial charge in [0.05, 0.1) is 12.7 Å². The van der Waals surface area contributed by atoms with Crippen molar-refractivity contribution in [2.75, 3.05) is 19.8 Å². The van der Waals surface area contributed by atoms with Crippen molar-refractivity contribution in [1.29, 1.82) is 0 Å². The minimum absolute atomic E-state index is 0.106. The highest BCUT2D eigenvalue weighted by Gasteiger charge is 2.14. The summed E-state index contributed by atoms with van der Waals surface area (Å²) in [4.78, 5) is 23.0. The predicted molar refractivity (Wildman–Crippen MR) is 99.2 cm³/mol. The Morgan fingerprint density at radius 2 is 1.81 bits per heavy atom. The van der Waals surface area contributed by atoms with Gasteiger partial charge in [0.1, 0.15) is 0 Å². The van der Waals surface area contributed by atoms with E-state index in [4.69, 9.17) is 14.6 Å². The first kappa shape index (κ1) is 20.3. The van der Waals surface area contributed by atoms with Gasteiger partial charge in [0.15, 0.2) is 18.1 Å². The molecule has 0 bridgehead atoms. The average molecular weight is 373 g/mol. The van der Waals surface area contributed by atoms with Crippen LogP contribution in [-0.4, -0.2) is 48.0 Å². The lowest BCUT2D eigenvalue weighted by Crippen LogP contribution is -2.33. The average Bonchev–Trinajstić information content (AvgIpc) is 2.66.